The molecule has 0 aliphatic carbocycles. The van der Waals surface area contributed by atoms with Gasteiger partial charge in [-0.3, -0.25) is 0 Å². The Morgan fingerprint density at radius 1 is 1.31 bits per heavy atom. The van der Waals surface area contributed by atoms with Gasteiger partial charge in [0.25, 0.3) is 0 Å². The van der Waals surface area contributed by atoms with Crippen molar-refractivity contribution in [3.8, 4) is 11.5 Å². The lowest BCUT2D eigenvalue weighted by Crippen LogP contribution is -2.26. The van der Waals surface area contributed by atoms with Crippen LogP contribution in [0.3, 0.4) is 0 Å². The fourth-order valence-electron chi connectivity index (χ4n) is 1.51. The van der Waals surface area contributed by atoms with Crippen LogP contribution in [0.5, 0.6) is 11.5 Å². The Hall–Kier alpha value is -1.26. The second-order valence-corrected chi connectivity index (χ2v) is 3.89. The van der Waals surface area contributed by atoms with Gasteiger partial charge in [-0.15, -0.1) is 0 Å². The topological polar surface area (TPSA) is 72.7 Å². The smallest absolute Gasteiger partial charge is 0.123 e. The third kappa shape index (κ3) is 4.08. The fraction of sp³-hybridized carbons (Fsp3) is 0.500. The van der Waals surface area contributed by atoms with Crippen molar-refractivity contribution in [1.82, 2.24) is 5.32 Å². The minimum atomic E-state index is -0.343. The van der Waals surface area contributed by atoms with Crippen LogP contribution in [0.25, 0.3) is 0 Å². The van der Waals surface area contributed by atoms with Gasteiger partial charge in [-0.25, -0.2) is 0 Å². The molecule has 0 bridgehead atoms. The van der Waals surface area contributed by atoms with Crippen molar-refractivity contribution in [2.75, 3.05) is 6.54 Å². The molecule has 1 aromatic carbocycles. The summed E-state index contributed by atoms with van der Waals surface area (Å²) in [7, 11) is 0. The predicted octanol–water partition coefficient (Wildman–Crippen LogP) is 1.35. The summed E-state index contributed by atoms with van der Waals surface area (Å²) in [5.41, 5.74) is 0.710. The molecule has 0 aromatic heterocycles. The van der Waals surface area contributed by atoms with E-state index < -0.39 is 0 Å². The Kier molecular flexibility index (Phi) is 5.08. The maximum atomic E-state index is 9.50. The molecule has 1 aromatic rings. The molecule has 4 heteroatoms. The SMILES string of the molecule is CCCC(O)CNCc1ccc(O)cc1O. The molecule has 1 atom stereocenters. The predicted molar refractivity (Wildman–Crippen MR) is 62.4 cm³/mol. The van der Waals surface area contributed by atoms with E-state index >= 15 is 0 Å². The van der Waals surface area contributed by atoms with Gasteiger partial charge in [0.2, 0.25) is 0 Å². The Morgan fingerprint density at radius 2 is 2.06 bits per heavy atom. The molecule has 1 unspecified atom stereocenters. The molecular weight excluding hydrogens is 206 g/mol. The first-order valence-corrected chi connectivity index (χ1v) is 5.53. The van der Waals surface area contributed by atoms with E-state index in [2.05, 4.69) is 5.32 Å². The van der Waals surface area contributed by atoms with Crippen LogP contribution in [0.1, 0.15) is 25.3 Å². The van der Waals surface area contributed by atoms with E-state index in [4.69, 9.17) is 5.11 Å². The van der Waals surface area contributed by atoms with Crippen LogP contribution in [-0.2, 0) is 6.54 Å². The highest BCUT2D eigenvalue weighted by Crippen LogP contribution is 2.22. The van der Waals surface area contributed by atoms with E-state index in [1.54, 1.807) is 6.07 Å². The maximum absolute atomic E-state index is 9.50. The summed E-state index contributed by atoms with van der Waals surface area (Å²) in [5, 5.41) is 31.1. The minimum Gasteiger partial charge on any atom is -0.508 e. The highest BCUT2D eigenvalue weighted by molar-refractivity contribution is 5.38. The number of phenols is 2. The Bertz CT molecular complexity index is 328. The van der Waals surface area contributed by atoms with Crippen LogP contribution in [0.2, 0.25) is 0 Å². The molecule has 0 heterocycles. The molecule has 0 radical (unpaired) electrons. The number of aliphatic hydroxyl groups is 1. The molecule has 90 valence electrons. The average molecular weight is 225 g/mol. The summed E-state index contributed by atoms with van der Waals surface area (Å²) in [6.07, 6.45) is 1.38. The van der Waals surface area contributed by atoms with Gasteiger partial charge < -0.3 is 20.6 Å². The zero-order valence-electron chi connectivity index (χ0n) is 9.48. The van der Waals surface area contributed by atoms with Crippen molar-refractivity contribution in [3.05, 3.63) is 23.8 Å². The van der Waals surface area contributed by atoms with Crippen LogP contribution in [-0.4, -0.2) is 28.0 Å². The van der Waals surface area contributed by atoms with Gasteiger partial charge in [0, 0.05) is 24.7 Å². The molecule has 16 heavy (non-hydrogen) atoms. The van der Waals surface area contributed by atoms with E-state index in [0.717, 1.165) is 12.8 Å². The second kappa shape index (κ2) is 6.35. The normalized spacial score (nSPS) is 12.6. The zero-order chi connectivity index (χ0) is 12.0. The lowest BCUT2D eigenvalue weighted by molar-refractivity contribution is 0.160. The zero-order valence-corrected chi connectivity index (χ0v) is 9.48. The number of aromatic hydroxyl groups is 2. The minimum absolute atomic E-state index is 0.0484. The molecule has 4 N–H and O–H groups in total. The van der Waals surface area contributed by atoms with E-state index in [1.165, 1.54) is 12.1 Å². The summed E-state index contributed by atoms with van der Waals surface area (Å²) in [6, 6.07) is 4.49. The quantitative estimate of drug-likeness (QED) is 0.589. The Morgan fingerprint density at radius 3 is 2.69 bits per heavy atom. The van der Waals surface area contributed by atoms with Gasteiger partial charge in [0.1, 0.15) is 11.5 Å². The highest BCUT2D eigenvalue weighted by atomic mass is 16.3. The van der Waals surface area contributed by atoms with E-state index in [0.29, 0.717) is 18.7 Å². The van der Waals surface area contributed by atoms with Crippen LogP contribution < -0.4 is 5.32 Å². The molecule has 0 saturated carbocycles. The monoisotopic (exact) mass is 225 g/mol. The number of aliphatic hydroxyl groups excluding tert-OH is 1. The number of hydrogen-bond acceptors (Lipinski definition) is 4. The molecule has 1 rings (SSSR count). The van der Waals surface area contributed by atoms with E-state index in [-0.39, 0.29) is 17.6 Å². The van der Waals surface area contributed by atoms with Gasteiger partial charge in [-0.1, -0.05) is 19.4 Å². The summed E-state index contributed by atoms with van der Waals surface area (Å²) in [4.78, 5) is 0. The largest absolute Gasteiger partial charge is 0.508 e. The first kappa shape index (κ1) is 12.8. The van der Waals surface area contributed by atoms with Gasteiger partial charge in [-0.05, 0) is 12.5 Å². The van der Waals surface area contributed by atoms with Crippen molar-refractivity contribution < 1.29 is 15.3 Å². The van der Waals surface area contributed by atoms with Crippen molar-refractivity contribution in [3.63, 3.8) is 0 Å². The van der Waals surface area contributed by atoms with Crippen molar-refractivity contribution in [2.45, 2.75) is 32.4 Å². The number of rotatable bonds is 6. The summed E-state index contributed by atoms with van der Waals surface area (Å²) < 4.78 is 0. The molecule has 0 fully saturated rings. The van der Waals surface area contributed by atoms with Crippen LogP contribution in [0.4, 0.5) is 0 Å². The average Bonchev–Trinajstić information content (AvgIpc) is 2.22. The third-order valence-corrected chi connectivity index (χ3v) is 2.39. The van der Waals surface area contributed by atoms with Crippen molar-refractivity contribution >= 4 is 0 Å². The van der Waals surface area contributed by atoms with Crippen molar-refractivity contribution in [2.24, 2.45) is 0 Å². The highest BCUT2D eigenvalue weighted by Gasteiger charge is 2.04. The summed E-state index contributed by atoms with van der Waals surface area (Å²) in [6.45, 7) is 3.01. The van der Waals surface area contributed by atoms with Gasteiger partial charge in [0.05, 0.1) is 6.10 Å². The number of hydrogen-bond donors (Lipinski definition) is 4. The molecule has 4 nitrogen and oxygen atoms in total. The number of benzene rings is 1. The number of nitrogens with one attached hydrogen (secondary N) is 1. The standard InChI is InChI=1S/C12H19NO3/c1-2-3-11(15)8-13-7-9-4-5-10(14)6-12(9)16/h4-6,11,13-16H,2-3,7-8H2,1H3. The third-order valence-electron chi connectivity index (χ3n) is 2.39. The molecule has 0 saturated heterocycles. The molecular formula is C12H19NO3. The van der Waals surface area contributed by atoms with Gasteiger partial charge >= 0.3 is 0 Å². The summed E-state index contributed by atoms with van der Waals surface area (Å²) >= 11 is 0. The lowest BCUT2D eigenvalue weighted by Gasteiger charge is -2.11. The second-order valence-electron chi connectivity index (χ2n) is 3.89. The van der Waals surface area contributed by atoms with Crippen molar-refractivity contribution in [1.29, 1.82) is 0 Å². The lowest BCUT2D eigenvalue weighted by atomic mass is 10.1. The van der Waals surface area contributed by atoms with Crippen LogP contribution >= 0.6 is 0 Å². The van der Waals surface area contributed by atoms with Gasteiger partial charge in [-0.2, -0.15) is 0 Å². The van der Waals surface area contributed by atoms with Crippen LogP contribution in [0, 0.1) is 0 Å². The molecule has 0 aliphatic heterocycles. The van der Waals surface area contributed by atoms with E-state index in [1.807, 2.05) is 6.92 Å². The molecule has 0 spiro atoms. The fourth-order valence-corrected chi connectivity index (χ4v) is 1.51. The first-order valence-electron chi connectivity index (χ1n) is 5.53. The summed E-state index contributed by atoms with van der Waals surface area (Å²) in [5.74, 6) is 0.116. The molecule has 0 aliphatic rings. The van der Waals surface area contributed by atoms with Crippen LogP contribution in [0.15, 0.2) is 18.2 Å². The Labute approximate surface area is 95.6 Å². The number of phenolic OH excluding ortho intramolecular Hbond substituents is 2. The first-order chi connectivity index (χ1) is 7.63. The Balaban J connectivity index is 2.37. The maximum Gasteiger partial charge on any atom is 0.123 e. The molecule has 0 amide bonds. The van der Waals surface area contributed by atoms with Gasteiger partial charge in [0.15, 0.2) is 0 Å². The van der Waals surface area contributed by atoms with E-state index in [9.17, 15) is 10.2 Å².